The van der Waals surface area contributed by atoms with Crippen molar-refractivity contribution in [2.45, 2.75) is 6.92 Å². The van der Waals surface area contributed by atoms with Crippen LogP contribution in [0.2, 0.25) is 0 Å². The largest absolute Gasteiger partial charge is 0.276 e. The number of fused-ring (bicyclic) bond motifs is 1. The van der Waals surface area contributed by atoms with Crippen molar-refractivity contribution in [1.29, 1.82) is 0 Å². The number of aromatic nitrogens is 2. The van der Waals surface area contributed by atoms with Gasteiger partial charge >= 0.3 is 0 Å². The minimum Gasteiger partial charge on any atom is -0.258 e. The Kier molecular flexibility index (Phi) is 4.57. The van der Waals surface area contributed by atoms with Gasteiger partial charge < -0.3 is 0 Å². The second-order valence-corrected chi connectivity index (χ2v) is 5.48. The minimum atomic E-state index is -0.417. The molecular weight excluding hydrogens is 314 g/mol. The number of rotatable bonds is 5. The summed E-state index contributed by atoms with van der Waals surface area (Å²) in [4.78, 5) is 10.9. The Morgan fingerprint density at radius 1 is 1.24 bits per heavy atom. The van der Waals surface area contributed by atoms with Gasteiger partial charge in [0.05, 0.1) is 27.9 Å². The fourth-order valence-corrected chi connectivity index (χ4v) is 2.60. The normalized spacial score (nSPS) is 12.0. The van der Waals surface area contributed by atoms with E-state index >= 15 is 0 Å². The highest BCUT2D eigenvalue weighted by Gasteiger charge is 2.17. The Bertz CT molecular complexity index is 998. The molecule has 0 atom stereocenters. The summed E-state index contributed by atoms with van der Waals surface area (Å²) >= 11 is 0. The van der Waals surface area contributed by atoms with E-state index in [2.05, 4.69) is 11.7 Å². The first-order valence-corrected chi connectivity index (χ1v) is 7.82. The van der Waals surface area contributed by atoms with E-state index in [9.17, 15) is 10.1 Å². The first-order valence-electron chi connectivity index (χ1n) is 7.82. The number of allylic oxidation sites excluding steroid dienone is 4. The summed E-state index contributed by atoms with van der Waals surface area (Å²) in [6, 6.07) is 15.4. The molecule has 0 aliphatic carbocycles. The number of nitro groups is 1. The molecule has 0 aliphatic heterocycles. The fourth-order valence-electron chi connectivity index (χ4n) is 2.60. The Hall–Kier alpha value is -3.47. The van der Waals surface area contributed by atoms with Crippen LogP contribution in [-0.4, -0.2) is 14.7 Å². The molecule has 3 aromatic rings. The third kappa shape index (κ3) is 3.26. The molecule has 0 fully saturated rings. The number of benzene rings is 2. The lowest BCUT2D eigenvalue weighted by Crippen LogP contribution is -2.01. The van der Waals surface area contributed by atoms with E-state index in [0.717, 1.165) is 16.6 Å². The van der Waals surface area contributed by atoms with Crippen LogP contribution in [0.3, 0.4) is 0 Å². The average Bonchev–Trinajstić information content (AvgIpc) is 3.05. The number of para-hydroxylation sites is 1. The van der Waals surface area contributed by atoms with Crippen LogP contribution in [0.5, 0.6) is 0 Å². The van der Waals surface area contributed by atoms with Crippen LogP contribution in [0.25, 0.3) is 22.2 Å². The third-order valence-corrected chi connectivity index (χ3v) is 3.87. The molecule has 0 bridgehead atoms. The zero-order chi connectivity index (χ0) is 17.8. The second kappa shape index (κ2) is 6.97. The molecule has 5 heteroatoms. The quantitative estimate of drug-likeness (QED) is 0.384. The Morgan fingerprint density at radius 3 is 2.68 bits per heavy atom. The van der Waals surface area contributed by atoms with Gasteiger partial charge in [-0.15, -0.1) is 0 Å². The van der Waals surface area contributed by atoms with Crippen LogP contribution in [0.15, 0.2) is 85.2 Å². The van der Waals surface area contributed by atoms with E-state index < -0.39 is 4.92 Å². The topological polar surface area (TPSA) is 61.0 Å². The molecule has 0 aliphatic rings. The van der Waals surface area contributed by atoms with Gasteiger partial charge in [-0.25, -0.2) is 4.68 Å². The molecule has 0 spiro atoms. The van der Waals surface area contributed by atoms with Crippen molar-refractivity contribution in [3.63, 3.8) is 0 Å². The Labute approximate surface area is 145 Å². The van der Waals surface area contributed by atoms with Gasteiger partial charge in [-0.05, 0) is 36.8 Å². The zero-order valence-corrected chi connectivity index (χ0v) is 13.8. The van der Waals surface area contributed by atoms with Gasteiger partial charge in [-0.3, -0.25) is 10.1 Å². The summed E-state index contributed by atoms with van der Waals surface area (Å²) < 4.78 is 1.84. The lowest BCUT2D eigenvalue weighted by molar-refractivity contribution is -0.416. The summed E-state index contributed by atoms with van der Waals surface area (Å²) in [5, 5.41) is 16.6. The predicted octanol–water partition coefficient (Wildman–Crippen LogP) is 4.78. The van der Waals surface area contributed by atoms with Crippen molar-refractivity contribution in [1.82, 2.24) is 9.78 Å². The molecule has 0 saturated heterocycles. The second-order valence-electron chi connectivity index (χ2n) is 5.48. The first kappa shape index (κ1) is 16.4. The van der Waals surface area contributed by atoms with Gasteiger partial charge in [0, 0.05) is 11.5 Å². The molecule has 124 valence electrons. The molecule has 5 nitrogen and oxygen atoms in total. The van der Waals surface area contributed by atoms with Gasteiger partial charge in [0.15, 0.2) is 0 Å². The van der Waals surface area contributed by atoms with Crippen LogP contribution >= 0.6 is 0 Å². The molecule has 0 amide bonds. The monoisotopic (exact) mass is 331 g/mol. The van der Waals surface area contributed by atoms with Crippen LogP contribution in [0.4, 0.5) is 0 Å². The zero-order valence-electron chi connectivity index (χ0n) is 13.8. The van der Waals surface area contributed by atoms with Gasteiger partial charge in [0.1, 0.15) is 0 Å². The Morgan fingerprint density at radius 2 is 2.00 bits per heavy atom. The Balaban J connectivity index is 2.03. The molecule has 2 aromatic carbocycles. The van der Waals surface area contributed by atoms with Gasteiger partial charge in [0.2, 0.25) is 0 Å². The van der Waals surface area contributed by atoms with Crippen LogP contribution in [0.1, 0.15) is 12.5 Å². The predicted molar refractivity (Wildman–Crippen MR) is 100.0 cm³/mol. The molecule has 3 rings (SSSR count). The number of nitrogens with zero attached hydrogens (tertiary/aromatic N) is 3. The summed E-state index contributed by atoms with van der Waals surface area (Å²) in [7, 11) is 0. The van der Waals surface area contributed by atoms with Crippen molar-refractivity contribution < 1.29 is 4.92 Å². The maximum absolute atomic E-state index is 11.3. The summed E-state index contributed by atoms with van der Waals surface area (Å²) in [5.74, 6) is 0. The molecule has 0 saturated carbocycles. The van der Waals surface area contributed by atoms with Crippen LogP contribution < -0.4 is 0 Å². The molecule has 1 aromatic heterocycles. The molecule has 0 unspecified atom stereocenters. The summed E-state index contributed by atoms with van der Waals surface area (Å²) in [5.41, 5.74) is 2.95. The number of hydrogen-bond donors (Lipinski definition) is 0. The van der Waals surface area contributed by atoms with Crippen molar-refractivity contribution in [3.8, 4) is 5.69 Å². The van der Waals surface area contributed by atoms with Gasteiger partial charge in [0.25, 0.3) is 5.70 Å². The first-order chi connectivity index (χ1) is 12.1. The lowest BCUT2D eigenvalue weighted by atomic mass is 10.0. The average molecular weight is 331 g/mol. The maximum Gasteiger partial charge on any atom is 0.276 e. The molecule has 0 radical (unpaired) electrons. The molecule has 1 heterocycles. The van der Waals surface area contributed by atoms with Crippen molar-refractivity contribution >= 4 is 16.5 Å². The highest BCUT2D eigenvalue weighted by atomic mass is 16.6. The smallest absolute Gasteiger partial charge is 0.258 e. The van der Waals surface area contributed by atoms with Gasteiger partial charge in [-0.2, -0.15) is 5.10 Å². The van der Waals surface area contributed by atoms with Crippen LogP contribution in [-0.2, 0) is 0 Å². The number of hydrogen-bond acceptors (Lipinski definition) is 3. The lowest BCUT2D eigenvalue weighted by Gasteiger charge is -2.06. The summed E-state index contributed by atoms with van der Waals surface area (Å²) in [6.07, 6.45) is 6.58. The van der Waals surface area contributed by atoms with E-state index in [1.165, 1.54) is 6.08 Å². The van der Waals surface area contributed by atoms with Crippen molar-refractivity contribution in [2.24, 2.45) is 0 Å². The minimum absolute atomic E-state index is 0.0205. The van der Waals surface area contributed by atoms with E-state index in [-0.39, 0.29) is 5.70 Å². The van der Waals surface area contributed by atoms with E-state index in [4.69, 9.17) is 0 Å². The van der Waals surface area contributed by atoms with Crippen molar-refractivity contribution in [2.75, 3.05) is 0 Å². The fraction of sp³-hybridized carbons (Fsp3) is 0.0500. The molecular formula is C20H17N3O2. The summed E-state index contributed by atoms with van der Waals surface area (Å²) in [6.45, 7) is 5.71. The third-order valence-electron chi connectivity index (χ3n) is 3.87. The van der Waals surface area contributed by atoms with E-state index in [1.54, 1.807) is 25.3 Å². The van der Waals surface area contributed by atoms with Gasteiger partial charge in [-0.1, -0.05) is 43.0 Å². The molecule has 25 heavy (non-hydrogen) atoms. The molecule has 0 N–H and O–H groups in total. The highest BCUT2D eigenvalue weighted by molar-refractivity contribution is 5.86. The van der Waals surface area contributed by atoms with Crippen molar-refractivity contribution in [3.05, 3.63) is 101 Å². The SMILES string of the molecule is C=C(/C(=C\C=C/C)[N+](=O)[O-])c1ccc2c(cnn2-c2ccccc2)c1. The highest BCUT2D eigenvalue weighted by Crippen LogP contribution is 2.26. The van der Waals surface area contributed by atoms with Crippen LogP contribution in [0, 0.1) is 10.1 Å². The maximum atomic E-state index is 11.3. The van der Waals surface area contributed by atoms with E-state index in [0.29, 0.717) is 11.1 Å². The van der Waals surface area contributed by atoms with E-state index in [1.807, 2.05) is 53.2 Å². The standard InChI is InChI=1S/C20H17N3O2/c1-3-4-10-19(23(24)25)15(2)16-11-12-20-17(13-16)14-21-22(20)18-8-6-5-7-9-18/h3-14H,2H2,1H3/b4-3-,19-10+.